The smallest absolute Gasteiger partial charge is 0.0400 e. The lowest BCUT2D eigenvalue weighted by Crippen LogP contribution is -1.81. The Labute approximate surface area is 97.4 Å². The Morgan fingerprint density at radius 3 is 2.00 bits per heavy atom. The highest BCUT2D eigenvalue weighted by Crippen LogP contribution is 1.94. The van der Waals surface area contributed by atoms with Gasteiger partial charge in [-0.15, -0.1) is 0 Å². The third-order valence-electron chi connectivity index (χ3n) is 2.25. The average Bonchev–Trinajstić information content (AvgIpc) is 2.41. The van der Waals surface area contributed by atoms with Gasteiger partial charge >= 0.3 is 0 Å². The van der Waals surface area contributed by atoms with Crippen molar-refractivity contribution < 1.29 is 0 Å². The molecular formula is C14H18N2. The first-order chi connectivity index (χ1) is 7.86. The van der Waals surface area contributed by atoms with Crippen LogP contribution in [0.2, 0.25) is 0 Å². The quantitative estimate of drug-likeness (QED) is 0.766. The first-order valence-corrected chi connectivity index (χ1v) is 5.65. The zero-order valence-electron chi connectivity index (χ0n) is 9.93. The third-order valence-corrected chi connectivity index (χ3v) is 2.25. The standard InChI is InChI=1S/2C7H9N/c1-2-7-3-5-8-6-4-7;1-2-7-5-3-4-6-8-7/h2*3-6H,2H2,1H3. The van der Waals surface area contributed by atoms with Gasteiger partial charge in [0.2, 0.25) is 0 Å². The minimum atomic E-state index is 1.03. The Bertz CT molecular complexity index is 331. The summed E-state index contributed by atoms with van der Waals surface area (Å²) >= 11 is 0. The van der Waals surface area contributed by atoms with Crippen LogP contribution in [0.1, 0.15) is 25.1 Å². The van der Waals surface area contributed by atoms with Crippen LogP contribution in [0.25, 0.3) is 0 Å². The zero-order chi connectivity index (χ0) is 11.6. The summed E-state index contributed by atoms with van der Waals surface area (Å²) in [7, 11) is 0. The Balaban J connectivity index is 0.000000160. The maximum Gasteiger partial charge on any atom is 0.0400 e. The number of hydrogen-bond donors (Lipinski definition) is 0. The molecule has 84 valence electrons. The summed E-state index contributed by atoms with van der Waals surface area (Å²) in [6.07, 6.45) is 7.58. The molecule has 0 radical (unpaired) electrons. The molecule has 2 aromatic heterocycles. The molecule has 0 saturated carbocycles. The van der Waals surface area contributed by atoms with Gasteiger partial charge in [0.1, 0.15) is 0 Å². The molecule has 0 aliphatic rings. The van der Waals surface area contributed by atoms with Crippen molar-refractivity contribution in [3.63, 3.8) is 0 Å². The van der Waals surface area contributed by atoms with Gasteiger partial charge in [0, 0.05) is 24.3 Å². The normalized spacial score (nSPS) is 9.12. The number of hydrogen-bond acceptors (Lipinski definition) is 2. The summed E-state index contributed by atoms with van der Waals surface area (Å²) in [5.41, 5.74) is 2.51. The highest BCUT2D eigenvalue weighted by atomic mass is 14.7. The Hall–Kier alpha value is -1.70. The highest BCUT2D eigenvalue weighted by molar-refractivity contribution is 5.08. The molecular weight excluding hydrogens is 196 g/mol. The largest absolute Gasteiger partial charge is 0.265 e. The Morgan fingerprint density at radius 2 is 1.62 bits per heavy atom. The van der Waals surface area contributed by atoms with Crippen molar-refractivity contribution in [3.8, 4) is 0 Å². The van der Waals surface area contributed by atoms with Gasteiger partial charge in [0.25, 0.3) is 0 Å². The molecule has 2 rings (SSSR count). The van der Waals surface area contributed by atoms with Gasteiger partial charge in [0.05, 0.1) is 0 Å². The first-order valence-electron chi connectivity index (χ1n) is 5.65. The molecule has 2 aromatic rings. The highest BCUT2D eigenvalue weighted by Gasteiger charge is 1.82. The molecule has 0 atom stereocenters. The van der Waals surface area contributed by atoms with Crippen LogP contribution in [-0.2, 0) is 12.8 Å². The summed E-state index contributed by atoms with van der Waals surface area (Å²) in [6.45, 7) is 4.23. The fraction of sp³-hybridized carbons (Fsp3) is 0.286. The van der Waals surface area contributed by atoms with Crippen LogP contribution in [-0.4, -0.2) is 9.97 Å². The van der Waals surface area contributed by atoms with Crippen LogP contribution in [0.3, 0.4) is 0 Å². The van der Waals surface area contributed by atoms with Crippen LogP contribution in [0, 0.1) is 0 Å². The van der Waals surface area contributed by atoms with Gasteiger partial charge in [0.15, 0.2) is 0 Å². The molecule has 0 N–H and O–H groups in total. The van der Waals surface area contributed by atoms with Gasteiger partial charge < -0.3 is 0 Å². The fourth-order valence-electron chi connectivity index (χ4n) is 1.23. The molecule has 2 nitrogen and oxygen atoms in total. The maximum atomic E-state index is 4.10. The minimum absolute atomic E-state index is 1.03. The zero-order valence-corrected chi connectivity index (χ0v) is 9.93. The van der Waals surface area contributed by atoms with Gasteiger partial charge in [-0.2, -0.15) is 0 Å². The molecule has 0 saturated heterocycles. The molecule has 0 unspecified atom stereocenters. The average molecular weight is 214 g/mol. The molecule has 0 aliphatic carbocycles. The Kier molecular flexibility index (Phi) is 5.86. The van der Waals surface area contributed by atoms with Crippen LogP contribution in [0.5, 0.6) is 0 Å². The summed E-state index contributed by atoms with van der Waals surface area (Å²) in [4.78, 5) is 7.99. The van der Waals surface area contributed by atoms with E-state index in [1.54, 1.807) is 0 Å². The first kappa shape index (κ1) is 12.4. The SMILES string of the molecule is CCc1ccccn1.CCc1ccncc1. The summed E-state index contributed by atoms with van der Waals surface area (Å²) in [6, 6.07) is 10.0. The van der Waals surface area contributed by atoms with E-state index in [1.807, 2.05) is 48.9 Å². The predicted octanol–water partition coefficient (Wildman–Crippen LogP) is 3.29. The molecule has 16 heavy (non-hydrogen) atoms. The van der Waals surface area contributed by atoms with Crippen molar-refractivity contribution in [2.75, 3.05) is 0 Å². The van der Waals surface area contributed by atoms with E-state index in [0.29, 0.717) is 0 Å². The van der Waals surface area contributed by atoms with Gasteiger partial charge in [-0.25, -0.2) is 0 Å². The Morgan fingerprint density at radius 1 is 0.875 bits per heavy atom. The van der Waals surface area contributed by atoms with Crippen molar-refractivity contribution in [1.82, 2.24) is 9.97 Å². The number of nitrogens with zero attached hydrogens (tertiary/aromatic N) is 2. The number of rotatable bonds is 2. The van der Waals surface area contributed by atoms with Crippen molar-refractivity contribution >= 4 is 0 Å². The second-order valence-corrected chi connectivity index (χ2v) is 3.38. The van der Waals surface area contributed by atoms with E-state index in [4.69, 9.17) is 0 Å². The lowest BCUT2D eigenvalue weighted by atomic mass is 10.2. The van der Waals surface area contributed by atoms with Crippen molar-refractivity contribution in [2.45, 2.75) is 26.7 Å². The van der Waals surface area contributed by atoms with Gasteiger partial charge in [-0.3, -0.25) is 9.97 Å². The molecule has 0 spiro atoms. The number of pyridine rings is 2. The number of aromatic nitrogens is 2. The van der Waals surface area contributed by atoms with E-state index in [2.05, 4.69) is 23.8 Å². The topological polar surface area (TPSA) is 25.8 Å². The van der Waals surface area contributed by atoms with Crippen molar-refractivity contribution in [1.29, 1.82) is 0 Å². The molecule has 0 bridgehead atoms. The second kappa shape index (κ2) is 7.57. The minimum Gasteiger partial charge on any atom is -0.265 e. The van der Waals surface area contributed by atoms with E-state index in [9.17, 15) is 0 Å². The molecule has 0 aliphatic heterocycles. The molecule has 0 aromatic carbocycles. The lowest BCUT2D eigenvalue weighted by molar-refractivity contribution is 1.04. The van der Waals surface area contributed by atoms with Crippen molar-refractivity contribution in [2.24, 2.45) is 0 Å². The predicted molar refractivity (Wildman–Crippen MR) is 67.2 cm³/mol. The fourth-order valence-corrected chi connectivity index (χ4v) is 1.23. The molecule has 2 heterocycles. The summed E-state index contributed by atoms with van der Waals surface area (Å²) in [5.74, 6) is 0. The second-order valence-electron chi connectivity index (χ2n) is 3.38. The van der Waals surface area contributed by atoms with Crippen LogP contribution >= 0.6 is 0 Å². The molecule has 2 heteroatoms. The molecule has 0 amide bonds. The molecule has 0 fully saturated rings. The van der Waals surface area contributed by atoms with Crippen LogP contribution in [0.15, 0.2) is 48.9 Å². The van der Waals surface area contributed by atoms with E-state index >= 15 is 0 Å². The van der Waals surface area contributed by atoms with Gasteiger partial charge in [-0.1, -0.05) is 19.9 Å². The maximum absolute atomic E-state index is 4.10. The van der Waals surface area contributed by atoms with E-state index in [0.717, 1.165) is 18.5 Å². The number of aryl methyl sites for hydroxylation is 2. The monoisotopic (exact) mass is 214 g/mol. The van der Waals surface area contributed by atoms with E-state index in [-0.39, 0.29) is 0 Å². The third kappa shape index (κ3) is 4.69. The lowest BCUT2D eigenvalue weighted by Gasteiger charge is -1.89. The van der Waals surface area contributed by atoms with E-state index in [1.165, 1.54) is 5.56 Å². The van der Waals surface area contributed by atoms with E-state index < -0.39 is 0 Å². The summed E-state index contributed by atoms with van der Waals surface area (Å²) < 4.78 is 0. The van der Waals surface area contributed by atoms with Crippen LogP contribution in [0.4, 0.5) is 0 Å². The summed E-state index contributed by atoms with van der Waals surface area (Å²) in [5, 5.41) is 0. The van der Waals surface area contributed by atoms with Crippen LogP contribution < -0.4 is 0 Å². The van der Waals surface area contributed by atoms with Crippen molar-refractivity contribution in [3.05, 3.63) is 60.2 Å². The van der Waals surface area contributed by atoms with Gasteiger partial charge in [-0.05, 0) is 42.7 Å².